The normalized spacial score (nSPS) is 20.2. The topological polar surface area (TPSA) is 170 Å². The van der Waals surface area contributed by atoms with Crippen molar-refractivity contribution in [1.29, 1.82) is 0 Å². The Kier molecular flexibility index (Phi) is 14.5. The molecule has 1 aromatic heterocycles. The second-order valence-corrected chi connectivity index (χ2v) is 17.6. The first-order chi connectivity index (χ1) is 25.4. The first kappa shape index (κ1) is 42.6. The minimum absolute atomic E-state index is 0.00803. The number of benzene rings is 1. The van der Waals surface area contributed by atoms with Gasteiger partial charge in [0.25, 0.3) is 5.78 Å². The summed E-state index contributed by atoms with van der Waals surface area (Å²) >= 11 is 1.09. The minimum atomic E-state index is -1.32. The predicted octanol–water partition coefficient (Wildman–Crippen LogP) is 4.57. The maximum Gasteiger partial charge on any atom is 0.315 e. The maximum absolute atomic E-state index is 14.6. The molecule has 4 rings (SSSR count). The SMILES string of the molecule is CCCN(CCC)[C@@H]1C[C@@H](C(=O)NC(CC2CCCNC2=O)C(=O)C(=O)c2ncc(-c3ccccc3)s2)N(C(=O)[C@@H](NC(=O)NC(C)(C)C)C(C)(C)C)C1. The number of carbonyl (C=O) groups excluding carboxylic acids is 6. The zero-order valence-electron chi connectivity index (χ0n) is 33.1. The molecule has 0 bridgehead atoms. The Morgan fingerprint density at radius 2 is 1.67 bits per heavy atom. The first-order valence-electron chi connectivity index (χ1n) is 19.2. The average molecular weight is 766 g/mol. The van der Waals surface area contributed by atoms with Crippen molar-refractivity contribution in [3.8, 4) is 10.4 Å². The third-order valence-electron chi connectivity index (χ3n) is 9.81. The summed E-state index contributed by atoms with van der Waals surface area (Å²) in [6.07, 6.45) is 4.74. The zero-order chi connectivity index (χ0) is 39.8. The number of nitrogens with zero attached hydrogens (tertiary/aromatic N) is 3. The standard InChI is InChI=1S/C40H59N7O6S/c1-9-19-46(20-10-2)27-22-29(47(24-27)37(52)33(39(3,4)5)44-38(53)45-40(6,7)8)35(51)43-28(21-26-17-14-18-41-34(26)50)31(48)32(49)36-42-23-30(54-36)25-15-12-11-13-16-25/h11-13,15-16,23,26-29,33H,9-10,14,17-22,24H2,1-8H3,(H,41,50)(H,43,51)(H2,44,45,53)/t26?,27-,28?,29+,33-/m1/s1. The van der Waals surface area contributed by atoms with E-state index in [4.69, 9.17) is 0 Å². The summed E-state index contributed by atoms with van der Waals surface area (Å²) in [4.78, 5) is 91.7. The Balaban J connectivity index is 1.66. The Labute approximate surface area is 323 Å². The lowest BCUT2D eigenvalue weighted by Gasteiger charge is -2.36. The number of hydrogen-bond acceptors (Lipinski definition) is 9. The smallest absolute Gasteiger partial charge is 0.315 e. The van der Waals surface area contributed by atoms with Crippen molar-refractivity contribution in [2.75, 3.05) is 26.2 Å². The van der Waals surface area contributed by atoms with E-state index in [2.05, 4.69) is 45.0 Å². The number of thiazole rings is 1. The van der Waals surface area contributed by atoms with Gasteiger partial charge in [-0.05, 0) is 83.4 Å². The summed E-state index contributed by atoms with van der Waals surface area (Å²) < 4.78 is 0. The Morgan fingerprint density at radius 1 is 1.00 bits per heavy atom. The molecule has 4 N–H and O–H groups in total. The lowest BCUT2D eigenvalue weighted by Crippen LogP contribution is -2.61. The van der Waals surface area contributed by atoms with Crippen molar-refractivity contribution in [3.63, 3.8) is 0 Å². The van der Waals surface area contributed by atoms with Gasteiger partial charge in [0, 0.05) is 36.8 Å². The fourth-order valence-electron chi connectivity index (χ4n) is 7.17. The average Bonchev–Trinajstić information content (AvgIpc) is 3.78. The highest BCUT2D eigenvalue weighted by Crippen LogP contribution is 2.30. The second kappa shape index (κ2) is 18.4. The second-order valence-electron chi connectivity index (χ2n) is 16.6. The van der Waals surface area contributed by atoms with Crippen LogP contribution in [0.4, 0.5) is 4.79 Å². The van der Waals surface area contributed by atoms with Crippen LogP contribution in [0.15, 0.2) is 36.5 Å². The molecular weight excluding hydrogens is 707 g/mol. The van der Waals surface area contributed by atoms with Crippen molar-refractivity contribution in [2.24, 2.45) is 11.3 Å². The number of likely N-dealkylation sites (tertiary alicyclic amines) is 1. The molecule has 2 aromatic rings. The van der Waals surface area contributed by atoms with E-state index in [0.717, 1.165) is 42.8 Å². The zero-order valence-corrected chi connectivity index (χ0v) is 33.9. The van der Waals surface area contributed by atoms with Crippen LogP contribution in [-0.4, -0.2) is 106 Å². The molecular formula is C40H59N7O6S. The molecule has 14 heteroatoms. The maximum atomic E-state index is 14.6. The molecule has 0 radical (unpaired) electrons. The van der Waals surface area contributed by atoms with Gasteiger partial charge in [0.15, 0.2) is 5.01 Å². The molecule has 5 atom stereocenters. The van der Waals surface area contributed by atoms with Gasteiger partial charge in [-0.25, -0.2) is 9.78 Å². The van der Waals surface area contributed by atoms with Crippen LogP contribution in [0.2, 0.25) is 0 Å². The molecule has 3 heterocycles. The first-order valence-corrected chi connectivity index (χ1v) is 20.1. The fourth-order valence-corrected chi connectivity index (χ4v) is 8.03. The van der Waals surface area contributed by atoms with E-state index in [1.807, 2.05) is 71.9 Å². The molecule has 296 valence electrons. The van der Waals surface area contributed by atoms with Crippen molar-refractivity contribution < 1.29 is 28.8 Å². The van der Waals surface area contributed by atoms with Crippen molar-refractivity contribution in [2.45, 2.75) is 124 Å². The van der Waals surface area contributed by atoms with Gasteiger partial charge in [0.05, 0.1) is 10.9 Å². The van der Waals surface area contributed by atoms with E-state index in [1.54, 1.807) is 6.20 Å². The molecule has 0 spiro atoms. The van der Waals surface area contributed by atoms with Crippen molar-refractivity contribution in [3.05, 3.63) is 41.5 Å². The highest BCUT2D eigenvalue weighted by molar-refractivity contribution is 7.17. The molecule has 0 aliphatic carbocycles. The van der Waals surface area contributed by atoms with E-state index < -0.39 is 64.4 Å². The van der Waals surface area contributed by atoms with Gasteiger partial charge in [-0.1, -0.05) is 65.0 Å². The van der Waals surface area contributed by atoms with E-state index in [1.165, 1.54) is 4.90 Å². The van der Waals surface area contributed by atoms with Crippen molar-refractivity contribution >= 4 is 46.7 Å². The molecule has 2 unspecified atom stereocenters. The van der Waals surface area contributed by atoms with Gasteiger partial charge >= 0.3 is 6.03 Å². The molecule has 2 aliphatic rings. The number of rotatable bonds is 15. The van der Waals surface area contributed by atoms with Crippen LogP contribution in [0.5, 0.6) is 0 Å². The Morgan fingerprint density at radius 3 is 2.26 bits per heavy atom. The van der Waals surface area contributed by atoms with Gasteiger partial charge in [-0.15, -0.1) is 11.3 Å². The molecule has 2 fully saturated rings. The number of urea groups is 1. The number of aromatic nitrogens is 1. The van der Waals surface area contributed by atoms with Crippen LogP contribution in [0.3, 0.4) is 0 Å². The lowest BCUT2D eigenvalue weighted by molar-refractivity contribution is -0.142. The predicted molar refractivity (Wildman–Crippen MR) is 210 cm³/mol. The number of nitrogens with one attached hydrogen (secondary N) is 4. The van der Waals surface area contributed by atoms with Crippen LogP contribution >= 0.6 is 11.3 Å². The Bertz CT molecular complexity index is 1640. The van der Waals surface area contributed by atoms with Crippen molar-refractivity contribution in [1.82, 2.24) is 36.1 Å². The number of piperidine rings is 1. The van der Waals surface area contributed by atoms with Crippen LogP contribution in [0.1, 0.15) is 104 Å². The number of hydrogen-bond donors (Lipinski definition) is 4. The minimum Gasteiger partial charge on any atom is -0.356 e. The lowest BCUT2D eigenvalue weighted by atomic mass is 9.85. The van der Waals surface area contributed by atoms with Gasteiger partial charge in [-0.3, -0.25) is 28.9 Å². The number of carbonyl (C=O) groups is 6. The number of Topliss-reactive ketones (excluding diaryl/α,β-unsaturated/α-hetero) is 2. The third kappa shape index (κ3) is 11.2. The molecule has 13 nitrogen and oxygen atoms in total. The largest absolute Gasteiger partial charge is 0.356 e. The van der Waals surface area contributed by atoms with E-state index in [9.17, 15) is 28.8 Å². The van der Waals surface area contributed by atoms with Crippen LogP contribution < -0.4 is 21.3 Å². The summed E-state index contributed by atoms with van der Waals surface area (Å²) in [6, 6.07) is 5.44. The summed E-state index contributed by atoms with van der Waals surface area (Å²) in [5.74, 6) is -3.54. The van der Waals surface area contributed by atoms with Crippen LogP contribution in [0, 0.1) is 11.3 Å². The monoisotopic (exact) mass is 765 g/mol. The summed E-state index contributed by atoms with van der Waals surface area (Å²) in [6.45, 7) is 17.6. The van der Waals surface area contributed by atoms with Gasteiger partial charge < -0.3 is 26.2 Å². The number of ketones is 2. The van der Waals surface area contributed by atoms with E-state index in [-0.39, 0.29) is 29.9 Å². The van der Waals surface area contributed by atoms with Crippen LogP contribution in [-0.2, 0) is 19.2 Å². The molecule has 54 heavy (non-hydrogen) atoms. The fraction of sp³-hybridized carbons (Fsp3) is 0.625. The molecule has 1 aromatic carbocycles. The summed E-state index contributed by atoms with van der Waals surface area (Å²) in [5.41, 5.74) is -0.415. The highest BCUT2D eigenvalue weighted by Gasteiger charge is 2.47. The summed E-state index contributed by atoms with van der Waals surface area (Å²) in [7, 11) is 0. The molecule has 2 aliphatic heterocycles. The quantitative estimate of drug-likeness (QED) is 0.151. The Hall–Kier alpha value is -4.17. The van der Waals surface area contributed by atoms with Crippen LogP contribution in [0.25, 0.3) is 10.4 Å². The number of amides is 5. The molecule has 5 amide bonds. The molecule has 2 saturated heterocycles. The van der Waals surface area contributed by atoms with Gasteiger partial charge in [0.2, 0.25) is 23.5 Å². The molecule has 0 saturated carbocycles. The summed E-state index contributed by atoms with van der Waals surface area (Å²) in [5, 5.41) is 11.4. The van der Waals surface area contributed by atoms with E-state index in [0.29, 0.717) is 30.7 Å². The third-order valence-corrected chi connectivity index (χ3v) is 10.9. The van der Waals surface area contributed by atoms with Gasteiger partial charge in [0.1, 0.15) is 12.1 Å². The highest BCUT2D eigenvalue weighted by atomic mass is 32.1. The van der Waals surface area contributed by atoms with E-state index >= 15 is 0 Å². The van der Waals surface area contributed by atoms with Gasteiger partial charge in [-0.2, -0.15) is 0 Å².